The van der Waals surface area contributed by atoms with Gasteiger partial charge in [0, 0.05) is 18.7 Å². The lowest BCUT2D eigenvalue weighted by atomic mass is 10.1. The highest BCUT2D eigenvalue weighted by molar-refractivity contribution is 6.01. The van der Waals surface area contributed by atoms with E-state index in [9.17, 15) is 14.4 Å². The second-order valence-corrected chi connectivity index (χ2v) is 5.20. The minimum atomic E-state index is -0.711. The molecule has 1 rings (SSSR count). The summed E-state index contributed by atoms with van der Waals surface area (Å²) < 4.78 is 4.59. The first kappa shape index (κ1) is 17.6. The fourth-order valence-corrected chi connectivity index (χ4v) is 1.57. The molecule has 7 nitrogen and oxygen atoms in total. The van der Waals surface area contributed by atoms with E-state index in [1.807, 2.05) is 20.8 Å². The first-order chi connectivity index (χ1) is 10.3. The highest BCUT2D eigenvalue weighted by Gasteiger charge is 2.19. The molecule has 0 saturated carbocycles. The fraction of sp³-hybridized carbons (Fsp3) is 0.467. The van der Waals surface area contributed by atoms with E-state index in [0.29, 0.717) is 0 Å². The third-order valence-electron chi connectivity index (χ3n) is 3.30. The van der Waals surface area contributed by atoms with Crippen molar-refractivity contribution in [3.8, 4) is 0 Å². The van der Waals surface area contributed by atoms with Crippen LogP contribution in [0.15, 0.2) is 12.1 Å². The van der Waals surface area contributed by atoms with Crippen molar-refractivity contribution in [2.24, 2.45) is 5.92 Å². The number of aromatic nitrogens is 1. The summed E-state index contributed by atoms with van der Waals surface area (Å²) in [6.07, 6.45) is 0. The fourth-order valence-electron chi connectivity index (χ4n) is 1.57. The molecule has 0 radical (unpaired) electrons. The van der Waals surface area contributed by atoms with Crippen molar-refractivity contribution in [3.63, 3.8) is 0 Å². The molecule has 0 spiro atoms. The van der Waals surface area contributed by atoms with Gasteiger partial charge in [-0.2, -0.15) is 0 Å². The zero-order valence-electron chi connectivity index (χ0n) is 13.4. The van der Waals surface area contributed by atoms with Crippen LogP contribution in [0.25, 0.3) is 0 Å². The van der Waals surface area contributed by atoms with Crippen molar-refractivity contribution >= 4 is 17.8 Å². The standard InChI is InChI=1S/C15H21N3O4/c1-8(2)9(3)17-13(19)10-6-11(14(20)16-4)18-12(7-10)15(21)22-5/h6-9H,1-5H3,(H,16,20)(H,17,19)/t9-/m1/s1. The van der Waals surface area contributed by atoms with Crippen LogP contribution in [0.5, 0.6) is 0 Å². The summed E-state index contributed by atoms with van der Waals surface area (Å²) >= 11 is 0. The Hall–Kier alpha value is -2.44. The van der Waals surface area contributed by atoms with Crippen molar-refractivity contribution < 1.29 is 19.1 Å². The van der Waals surface area contributed by atoms with Gasteiger partial charge >= 0.3 is 5.97 Å². The summed E-state index contributed by atoms with van der Waals surface area (Å²) in [7, 11) is 2.65. The highest BCUT2D eigenvalue weighted by Crippen LogP contribution is 2.10. The van der Waals surface area contributed by atoms with Gasteiger partial charge in [-0.15, -0.1) is 0 Å². The summed E-state index contributed by atoms with van der Waals surface area (Å²) in [5.74, 6) is -1.32. The summed E-state index contributed by atoms with van der Waals surface area (Å²) in [5.41, 5.74) is 0.0696. The number of hydrogen-bond acceptors (Lipinski definition) is 5. The van der Waals surface area contributed by atoms with Crippen LogP contribution >= 0.6 is 0 Å². The number of ether oxygens (including phenoxy) is 1. The maximum absolute atomic E-state index is 12.3. The summed E-state index contributed by atoms with van der Waals surface area (Å²) in [5, 5.41) is 5.22. The van der Waals surface area contributed by atoms with Crippen LogP contribution in [-0.2, 0) is 4.74 Å². The van der Waals surface area contributed by atoms with Crippen LogP contribution in [0.1, 0.15) is 52.1 Å². The van der Waals surface area contributed by atoms with Gasteiger partial charge in [-0.3, -0.25) is 9.59 Å². The van der Waals surface area contributed by atoms with E-state index in [4.69, 9.17) is 0 Å². The van der Waals surface area contributed by atoms with Crippen LogP contribution in [0, 0.1) is 5.92 Å². The van der Waals surface area contributed by atoms with Crippen molar-refractivity contribution in [2.75, 3.05) is 14.2 Å². The number of rotatable bonds is 5. The molecule has 120 valence electrons. The molecule has 0 aliphatic rings. The van der Waals surface area contributed by atoms with Gasteiger partial charge in [-0.25, -0.2) is 9.78 Å². The number of pyridine rings is 1. The quantitative estimate of drug-likeness (QED) is 0.791. The Balaban J connectivity index is 3.20. The summed E-state index contributed by atoms with van der Waals surface area (Å²) in [6.45, 7) is 5.84. The number of esters is 1. The van der Waals surface area contributed by atoms with Crippen molar-refractivity contribution in [3.05, 3.63) is 29.1 Å². The number of carbonyl (C=O) groups is 3. The van der Waals surface area contributed by atoms with E-state index in [0.717, 1.165) is 0 Å². The van der Waals surface area contributed by atoms with E-state index >= 15 is 0 Å². The zero-order chi connectivity index (χ0) is 16.9. The van der Waals surface area contributed by atoms with Gasteiger partial charge in [0.2, 0.25) is 0 Å². The number of methoxy groups -OCH3 is 1. The highest BCUT2D eigenvalue weighted by atomic mass is 16.5. The van der Waals surface area contributed by atoms with Crippen LogP contribution in [0.4, 0.5) is 0 Å². The third-order valence-corrected chi connectivity index (χ3v) is 3.30. The molecule has 1 atom stereocenters. The Labute approximate surface area is 129 Å². The van der Waals surface area contributed by atoms with Crippen molar-refractivity contribution in [2.45, 2.75) is 26.8 Å². The molecule has 1 aromatic rings. The lowest BCUT2D eigenvalue weighted by Gasteiger charge is -2.17. The normalized spacial score (nSPS) is 11.7. The van der Waals surface area contributed by atoms with Crippen LogP contribution in [0.3, 0.4) is 0 Å². The molecule has 0 unspecified atom stereocenters. The van der Waals surface area contributed by atoms with Crippen molar-refractivity contribution in [1.82, 2.24) is 15.6 Å². The number of hydrogen-bond donors (Lipinski definition) is 2. The molecule has 0 saturated heterocycles. The molecule has 2 N–H and O–H groups in total. The molecule has 1 aromatic heterocycles. The van der Waals surface area contributed by atoms with Gasteiger partial charge in [0.05, 0.1) is 7.11 Å². The van der Waals surface area contributed by atoms with Gasteiger partial charge in [-0.1, -0.05) is 13.8 Å². The molecular weight excluding hydrogens is 286 g/mol. The number of carbonyl (C=O) groups excluding carboxylic acids is 3. The second kappa shape index (κ2) is 7.53. The minimum Gasteiger partial charge on any atom is -0.464 e. The van der Waals surface area contributed by atoms with Gasteiger partial charge in [0.1, 0.15) is 11.4 Å². The van der Waals surface area contributed by atoms with Gasteiger partial charge in [0.25, 0.3) is 11.8 Å². The van der Waals surface area contributed by atoms with Gasteiger partial charge in [0.15, 0.2) is 0 Å². The predicted molar refractivity (Wildman–Crippen MR) is 80.7 cm³/mol. The van der Waals surface area contributed by atoms with E-state index in [1.165, 1.54) is 26.3 Å². The van der Waals surface area contributed by atoms with Crippen LogP contribution in [0.2, 0.25) is 0 Å². The Kier molecular flexibility index (Phi) is 6.03. The molecule has 0 aliphatic carbocycles. The molecular formula is C15H21N3O4. The lowest BCUT2D eigenvalue weighted by Crippen LogP contribution is -2.36. The molecule has 0 fully saturated rings. The third kappa shape index (κ3) is 4.28. The maximum atomic E-state index is 12.3. The van der Waals surface area contributed by atoms with E-state index in [1.54, 1.807) is 0 Å². The predicted octanol–water partition coefficient (Wildman–Crippen LogP) is 1.00. The molecule has 7 heteroatoms. The largest absolute Gasteiger partial charge is 0.464 e. The Bertz CT molecular complexity index is 550. The van der Waals surface area contributed by atoms with E-state index in [2.05, 4.69) is 20.4 Å². The molecule has 0 aromatic carbocycles. The van der Waals surface area contributed by atoms with Crippen LogP contribution in [-0.4, -0.2) is 43.0 Å². The van der Waals surface area contributed by atoms with Gasteiger partial charge < -0.3 is 15.4 Å². The van der Waals surface area contributed by atoms with E-state index in [-0.39, 0.29) is 34.8 Å². The number of nitrogens with one attached hydrogen (secondary N) is 2. The lowest BCUT2D eigenvalue weighted by molar-refractivity contribution is 0.0594. The summed E-state index contributed by atoms with van der Waals surface area (Å²) in [4.78, 5) is 39.5. The molecule has 1 heterocycles. The molecule has 0 aliphatic heterocycles. The van der Waals surface area contributed by atoms with Gasteiger partial charge in [-0.05, 0) is 25.0 Å². The zero-order valence-corrected chi connectivity index (χ0v) is 13.4. The van der Waals surface area contributed by atoms with E-state index < -0.39 is 11.9 Å². The topological polar surface area (TPSA) is 97.4 Å². The first-order valence-corrected chi connectivity index (χ1v) is 6.93. The van der Waals surface area contributed by atoms with Crippen LogP contribution < -0.4 is 10.6 Å². The Morgan fingerprint density at radius 1 is 1.09 bits per heavy atom. The average molecular weight is 307 g/mol. The minimum absolute atomic E-state index is 0.0206. The first-order valence-electron chi connectivity index (χ1n) is 6.93. The number of nitrogens with zero attached hydrogens (tertiary/aromatic N) is 1. The smallest absolute Gasteiger partial charge is 0.356 e. The SMILES string of the molecule is CNC(=O)c1cc(C(=O)N[C@H](C)C(C)C)cc(C(=O)OC)n1. The monoisotopic (exact) mass is 307 g/mol. The number of amides is 2. The molecule has 22 heavy (non-hydrogen) atoms. The molecule has 2 amide bonds. The Morgan fingerprint density at radius 2 is 1.68 bits per heavy atom. The Morgan fingerprint density at radius 3 is 2.18 bits per heavy atom. The summed E-state index contributed by atoms with van der Waals surface area (Å²) in [6, 6.07) is 2.60. The van der Waals surface area contributed by atoms with Crippen molar-refractivity contribution in [1.29, 1.82) is 0 Å². The average Bonchev–Trinajstić information content (AvgIpc) is 2.52. The molecule has 0 bridgehead atoms. The second-order valence-electron chi connectivity index (χ2n) is 5.20. The maximum Gasteiger partial charge on any atom is 0.356 e.